The Hall–Kier alpha value is -3.13. The van der Waals surface area contributed by atoms with Gasteiger partial charge in [-0.15, -0.1) is 0 Å². The zero-order valence-electron chi connectivity index (χ0n) is 16.6. The smallest absolute Gasteiger partial charge is 0.0707 e. The lowest BCUT2D eigenvalue weighted by molar-refractivity contribution is 0.809. The summed E-state index contributed by atoms with van der Waals surface area (Å²) in [5, 5.41) is 1.32. The number of benzene rings is 2. The molecule has 0 aliphatic rings. The molecule has 0 unspecified atom stereocenters. The van der Waals surface area contributed by atoms with E-state index in [2.05, 4.69) is 97.3 Å². The summed E-state index contributed by atoms with van der Waals surface area (Å²) in [4.78, 5) is 4.76. The minimum absolute atomic E-state index is 0.856. The minimum Gasteiger partial charge on any atom is -0.339 e. The Kier molecular flexibility index (Phi) is 5.38. The number of aryl methyl sites for hydroxylation is 3. The molecule has 0 radical (unpaired) electrons. The molecule has 4 aromatic rings. The second kappa shape index (κ2) is 8.26. The summed E-state index contributed by atoms with van der Waals surface area (Å²) < 4.78 is 2.41. The lowest BCUT2D eigenvalue weighted by Crippen LogP contribution is -2.03. The Balaban J connectivity index is 1.65. The number of nitrogens with zero attached hydrogens (tertiary/aromatic N) is 2. The third kappa shape index (κ3) is 3.77. The van der Waals surface area contributed by atoms with Crippen molar-refractivity contribution in [1.82, 2.24) is 9.55 Å². The quantitative estimate of drug-likeness (QED) is 0.400. The number of pyridine rings is 1. The highest BCUT2D eigenvalue weighted by atomic mass is 15.0. The van der Waals surface area contributed by atoms with Crippen molar-refractivity contribution in [3.8, 4) is 0 Å². The lowest BCUT2D eigenvalue weighted by atomic mass is 10.1. The summed E-state index contributed by atoms with van der Waals surface area (Å²) in [7, 11) is 0. The largest absolute Gasteiger partial charge is 0.339 e. The molecular formula is C26H26N2. The van der Waals surface area contributed by atoms with Crippen molar-refractivity contribution in [2.75, 3.05) is 0 Å². The Bertz CT molecular complexity index is 1090. The highest BCUT2D eigenvalue weighted by Gasteiger charge is 2.14. The van der Waals surface area contributed by atoms with Crippen LogP contribution in [-0.2, 0) is 19.4 Å². The zero-order chi connectivity index (χ0) is 19.3. The first-order valence-corrected chi connectivity index (χ1v) is 9.93. The molecule has 0 fully saturated rings. The first-order chi connectivity index (χ1) is 13.7. The van der Waals surface area contributed by atoms with Crippen LogP contribution in [0.25, 0.3) is 17.0 Å². The number of fused-ring (bicyclic) bond motifs is 1. The van der Waals surface area contributed by atoms with Crippen LogP contribution in [0.3, 0.4) is 0 Å². The molecular weight excluding hydrogens is 340 g/mol. The summed E-state index contributed by atoms with van der Waals surface area (Å²) >= 11 is 0. The first kappa shape index (κ1) is 18.2. The van der Waals surface area contributed by atoms with Gasteiger partial charge in [-0.05, 0) is 49.4 Å². The average Bonchev–Trinajstić information content (AvgIpc) is 2.99. The Labute approximate surface area is 167 Å². The molecule has 0 saturated heterocycles. The van der Waals surface area contributed by atoms with E-state index in [1.165, 1.54) is 39.0 Å². The second-order valence-electron chi connectivity index (χ2n) is 7.27. The molecule has 0 amide bonds. The van der Waals surface area contributed by atoms with Gasteiger partial charge in [0, 0.05) is 23.8 Å². The van der Waals surface area contributed by atoms with E-state index in [0.717, 1.165) is 19.4 Å². The van der Waals surface area contributed by atoms with Gasteiger partial charge in [0.05, 0.1) is 11.2 Å². The summed E-state index contributed by atoms with van der Waals surface area (Å²) in [6, 6.07) is 23.3. The van der Waals surface area contributed by atoms with Crippen LogP contribution < -0.4 is 0 Å². The van der Waals surface area contributed by atoms with E-state index < -0.39 is 0 Å². The predicted octanol–water partition coefficient (Wildman–Crippen LogP) is 6.15. The van der Waals surface area contributed by atoms with E-state index in [0.29, 0.717) is 0 Å². The molecule has 0 bridgehead atoms. The summed E-state index contributed by atoms with van der Waals surface area (Å²) in [5.41, 5.74) is 7.73. The van der Waals surface area contributed by atoms with Crippen molar-refractivity contribution in [2.24, 2.45) is 0 Å². The Morgan fingerprint density at radius 2 is 1.57 bits per heavy atom. The van der Waals surface area contributed by atoms with Gasteiger partial charge in [0.25, 0.3) is 0 Å². The molecule has 0 N–H and O–H groups in total. The van der Waals surface area contributed by atoms with Crippen LogP contribution in [0.1, 0.15) is 28.1 Å². The second-order valence-corrected chi connectivity index (χ2v) is 7.27. The maximum atomic E-state index is 4.76. The van der Waals surface area contributed by atoms with Gasteiger partial charge >= 0.3 is 0 Å². The molecule has 0 saturated carbocycles. The van der Waals surface area contributed by atoms with Crippen LogP contribution in [-0.4, -0.2) is 9.55 Å². The SMILES string of the molecule is Cc1c(C)n(CC=Cc2ccccc2)c2c(CCc3ccccc3)nccc12. The molecule has 4 rings (SSSR count). The predicted molar refractivity (Wildman–Crippen MR) is 119 cm³/mol. The van der Waals surface area contributed by atoms with Crippen molar-refractivity contribution >= 4 is 17.0 Å². The first-order valence-electron chi connectivity index (χ1n) is 9.93. The molecule has 0 aliphatic carbocycles. The van der Waals surface area contributed by atoms with Crippen LogP contribution in [0.2, 0.25) is 0 Å². The van der Waals surface area contributed by atoms with Crippen molar-refractivity contribution in [1.29, 1.82) is 0 Å². The Morgan fingerprint density at radius 3 is 2.32 bits per heavy atom. The highest BCUT2D eigenvalue weighted by Crippen LogP contribution is 2.28. The minimum atomic E-state index is 0.856. The van der Waals surface area contributed by atoms with Gasteiger partial charge in [0.15, 0.2) is 0 Å². The van der Waals surface area contributed by atoms with Crippen LogP contribution >= 0.6 is 0 Å². The van der Waals surface area contributed by atoms with Crippen LogP contribution in [0.15, 0.2) is 79.0 Å². The van der Waals surface area contributed by atoms with Gasteiger partial charge in [-0.2, -0.15) is 0 Å². The van der Waals surface area contributed by atoms with Crippen LogP contribution in [0, 0.1) is 13.8 Å². The van der Waals surface area contributed by atoms with Crippen LogP contribution in [0.5, 0.6) is 0 Å². The molecule has 28 heavy (non-hydrogen) atoms. The number of hydrogen-bond donors (Lipinski definition) is 0. The molecule has 2 aromatic heterocycles. The van der Waals surface area contributed by atoms with Gasteiger partial charge in [-0.1, -0.05) is 72.8 Å². The van der Waals surface area contributed by atoms with Gasteiger partial charge in [0.2, 0.25) is 0 Å². The van der Waals surface area contributed by atoms with Gasteiger partial charge in [0.1, 0.15) is 0 Å². The van der Waals surface area contributed by atoms with E-state index in [1.54, 1.807) is 0 Å². The average molecular weight is 367 g/mol. The van der Waals surface area contributed by atoms with E-state index >= 15 is 0 Å². The molecule has 2 aromatic carbocycles. The van der Waals surface area contributed by atoms with E-state index in [1.807, 2.05) is 6.20 Å². The fourth-order valence-corrected chi connectivity index (χ4v) is 3.84. The molecule has 2 nitrogen and oxygen atoms in total. The standard InChI is InChI=1S/C26H26N2/c1-20-21(2)28(19-9-14-22-10-5-3-6-11-22)26-24(20)17-18-27-25(26)16-15-23-12-7-4-8-13-23/h3-14,17-18H,15-16,19H2,1-2H3. The monoisotopic (exact) mass is 366 g/mol. The van der Waals surface area contributed by atoms with Gasteiger partial charge < -0.3 is 4.57 Å². The van der Waals surface area contributed by atoms with Gasteiger partial charge in [-0.25, -0.2) is 0 Å². The number of rotatable bonds is 6. The fraction of sp³-hybridized carbons (Fsp3) is 0.192. The fourth-order valence-electron chi connectivity index (χ4n) is 3.84. The summed E-state index contributed by atoms with van der Waals surface area (Å²) in [6.45, 7) is 5.29. The Morgan fingerprint density at radius 1 is 0.857 bits per heavy atom. The van der Waals surface area contributed by atoms with Crippen molar-refractivity contribution in [3.05, 3.63) is 107 Å². The highest BCUT2D eigenvalue weighted by molar-refractivity contribution is 5.87. The topological polar surface area (TPSA) is 17.8 Å². The number of hydrogen-bond acceptors (Lipinski definition) is 1. The summed E-state index contributed by atoms with van der Waals surface area (Å²) in [6.07, 6.45) is 8.36. The number of aromatic nitrogens is 2. The molecule has 140 valence electrons. The molecule has 2 heterocycles. The third-order valence-electron chi connectivity index (χ3n) is 5.51. The maximum absolute atomic E-state index is 4.76. The number of allylic oxidation sites excluding steroid dienone is 1. The maximum Gasteiger partial charge on any atom is 0.0707 e. The normalized spacial score (nSPS) is 11.5. The van der Waals surface area contributed by atoms with Crippen LogP contribution in [0.4, 0.5) is 0 Å². The van der Waals surface area contributed by atoms with Crippen molar-refractivity contribution in [2.45, 2.75) is 33.2 Å². The van der Waals surface area contributed by atoms with E-state index in [4.69, 9.17) is 4.98 Å². The van der Waals surface area contributed by atoms with E-state index in [9.17, 15) is 0 Å². The molecule has 0 aliphatic heterocycles. The van der Waals surface area contributed by atoms with Crippen molar-refractivity contribution < 1.29 is 0 Å². The third-order valence-corrected chi connectivity index (χ3v) is 5.51. The lowest BCUT2D eigenvalue weighted by Gasteiger charge is -2.09. The zero-order valence-corrected chi connectivity index (χ0v) is 16.6. The van der Waals surface area contributed by atoms with Gasteiger partial charge in [-0.3, -0.25) is 4.98 Å². The molecule has 0 spiro atoms. The van der Waals surface area contributed by atoms with E-state index in [-0.39, 0.29) is 0 Å². The van der Waals surface area contributed by atoms with Crippen molar-refractivity contribution in [3.63, 3.8) is 0 Å². The molecule has 2 heteroatoms. The summed E-state index contributed by atoms with van der Waals surface area (Å²) in [5.74, 6) is 0. The molecule has 0 atom stereocenters.